The van der Waals surface area contributed by atoms with E-state index in [4.69, 9.17) is 0 Å². The first kappa shape index (κ1) is 22.8. The molecule has 1 atom stereocenters. The van der Waals surface area contributed by atoms with Crippen molar-refractivity contribution >= 4 is 29.3 Å². The molecule has 32 heavy (non-hydrogen) atoms. The molecule has 170 valence electrons. The molecule has 2 heterocycles. The van der Waals surface area contributed by atoms with Gasteiger partial charge in [-0.15, -0.1) is 11.8 Å². The molecule has 2 amide bonds. The van der Waals surface area contributed by atoms with Gasteiger partial charge in [0, 0.05) is 50.6 Å². The summed E-state index contributed by atoms with van der Waals surface area (Å²) in [5, 5.41) is 5.52. The van der Waals surface area contributed by atoms with Crippen LogP contribution in [0, 0.1) is 0 Å². The Labute approximate surface area is 194 Å². The molecule has 0 aliphatic carbocycles. The molecule has 1 saturated heterocycles. The number of nitrogens with one attached hydrogen (secondary N) is 2. The van der Waals surface area contributed by atoms with Gasteiger partial charge in [0.2, 0.25) is 11.8 Å². The summed E-state index contributed by atoms with van der Waals surface area (Å²) in [6.45, 7) is 7.20. The summed E-state index contributed by atoms with van der Waals surface area (Å²) >= 11 is 1.47. The topological polar surface area (TPSA) is 64.7 Å². The minimum absolute atomic E-state index is 0.0495. The number of hydrogen-bond acceptors (Lipinski definition) is 5. The fourth-order valence-corrected chi connectivity index (χ4v) is 5.28. The third-order valence-corrected chi connectivity index (χ3v) is 7.29. The van der Waals surface area contributed by atoms with Crippen LogP contribution in [0.3, 0.4) is 0 Å². The predicted octanol–water partition coefficient (Wildman–Crippen LogP) is 3.20. The Morgan fingerprint density at radius 1 is 0.969 bits per heavy atom. The number of piperazine rings is 1. The maximum absolute atomic E-state index is 12.3. The lowest BCUT2D eigenvalue weighted by atomic mass is 10.2. The molecule has 2 aromatic carbocycles. The predicted molar refractivity (Wildman–Crippen MR) is 130 cm³/mol. The Hall–Kier alpha value is -2.35. The van der Waals surface area contributed by atoms with Crippen molar-refractivity contribution in [2.45, 2.75) is 36.0 Å². The maximum Gasteiger partial charge on any atom is 0.238 e. The fraction of sp³-hybridized carbons (Fsp3) is 0.440. The summed E-state index contributed by atoms with van der Waals surface area (Å²) in [7, 11) is 0. The number of nitrogens with zero attached hydrogens (tertiary/aromatic N) is 2. The lowest BCUT2D eigenvalue weighted by Gasteiger charge is -2.34. The largest absolute Gasteiger partial charge is 0.356 e. The molecule has 0 radical (unpaired) electrons. The molecule has 0 bridgehead atoms. The monoisotopic (exact) mass is 452 g/mol. The molecule has 2 aliphatic heterocycles. The second-order valence-corrected chi connectivity index (χ2v) is 9.70. The molecule has 0 aromatic heterocycles. The summed E-state index contributed by atoms with van der Waals surface area (Å²) in [4.78, 5) is 30.6. The number of unbranched alkanes of at least 4 members (excludes halogenated alkanes) is 1. The SMILES string of the molecule is O=C(CC1Sc2ccccc2NC1=O)NCCCCN1CCN(Cc2ccccc2)CC1. The smallest absolute Gasteiger partial charge is 0.238 e. The molecule has 2 aliphatic rings. The van der Waals surface area contributed by atoms with Crippen LogP contribution in [0.25, 0.3) is 0 Å². The van der Waals surface area contributed by atoms with E-state index < -0.39 is 0 Å². The lowest BCUT2D eigenvalue weighted by molar-refractivity contribution is -0.124. The number of hydrogen-bond donors (Lipinski definition) is 2. The van der Waals surface area contributed by atoms with Crippen LogP contribution in [0.2, 0.25) is 0 Å². The number of carbonyl (C=O) groups excluding carboxylic acids is 2. The number of rotatable bonds is 9. The normalized spacial score (nSPS) is 19.2. The molecule has 2 aromatic rings. The fourth-order valence-electron chi connectivity index (χ4n) is 4.17. The van der Waals surface area contributed by atoms with Crippen LogP contribution in [0.15, 0.2) is 59.5 Å². The highest BCUT2D eigenvalue weighted by Gasteiger charge is 2.28. The molecule has 6 nitrogen and oxygen atoms in total. The van der Waals surface area contributed by atoms with Crippen molar-refractivity contribution in [2.24, 2.45) is 0 Å². The van der Waals surface area contributed by atoms with Gasteiger partial charge in [0.25, 0.3) is 0 Å². The Morgan fingerprint density at radius 3 is 2.50 bits per heavy atom. The van der Waals surface area contributed by atoms with Gasteiger partial charge in [-0.2, -0.15) is 0 Å². The van der Waals surface area contributed by atoms with Crippen molar-refractivity contribution < 1.29 is 9.59 Å². The third kappa shape index (κ3) is 6.58. The van der Waals surface area contributed by atoms with E-state index in [1.807, 2.05) is 24.3 Å². The van der Waals surface area contributed by atoms with Gasteiger partial charge in [-0.25, -0.2) is 0 Å². The second-order valence-electron chi connectivity index (χ2n) is 8.46. The van der Waals surface area contributed by atoms with Crippen LogP contribution < -0.4 is 10.6 Å². The summed E-state index contributed by atoms with van der Waals surface area (Å²) < 4.78 is 0. The minimum Gasteiger partial charge on any atom is -0.356 e. The first-order chi connectivity index (χ1) is 15.7. The maximum atomic E-state index is 12.3. The number of anilines is 1. The molecule has 2 N–H and O–H groups in total. The van der Waals surface area contributed by atoms with Crippen LogP contribution in [0.4, 0.5) is 5.69 Å². The average Bonchev–Trinajstić information content (AvgIpc) is 2.81. The van der Waals surface area contributed by atoms with Gasteiger partial charge in [0.15, 0.2) is 0 Å². The summed E-state index contributed by atoms with van der Waals surface area (Å²) in [5.74, 6) is -0.137. The number of carbonyl (C=O) groups is 2. The molecule has 4 rings (SSSR count). The zero-order valence-electron chi connectivity index (χ0n) is 18.5. The van der Waals surface area contributed by atoms with Gasteiger partial charge >= 0.3 is 0 Å². The number of fused-ring (bicyclic) bond motifs is 1. The number of benzene rings is 2. The summed E-state index contributed by atoms with van der Waals surface area (Å²) in [6, 6.07) is 18.4. The van der Waals surface area contributed by atoms with Gasteiger partial charge in [-0.3, -0.25) is 14.5 Å². The van der Waals surface area contributed by atoms with Crippen molar-refractivity contribution in [2.75, 3.05) is 44.6 Å². The third-order valence-electron chi connectivity index (χ3n) is 6.01. The molecule has 1 unspecified atom stereocenters. The van der Waals surface area contributed by atoms with Gasteiger partial charge in [-0.05, 0) is 37.1 Å². The van der Waals surface area contributed by atoms with Gasteiger partial charge in [0.1, 0.15) is 0 Å². The zero-order valence-corrected chi connectivity index (χ0v) is 19.3. The second kappa shape index (κ2) is 11.5. The minimum atomic E-state index is -0.364. The zero-order chi connectivity index (χ0) is 22.2. The van der Waals surface area contributed by atoms with E-state index in [1.165, 1.54) is 17.3 Å². The van der Waals surface area contributed by atoms with Crippen LogP contribution in [-0.4, -0.2) is 66.1 Å². The van der Waals surface area contributed by atoms with E-state index in [1.54, 1.807) is 0 Å². The van der Waals surface area contributed by atoms with Gasteiger partial charge < -0.3 is 15.5 Å². The quantitative estimate of drug-likeness (QED) is 0.572. The van der Waals surface area contributed by atoms with Crippen LogP contribution in [0.5, 0.6) is 0 Å². The molecule has 0 spiro atoms. The highest BCUT2D eigenvalue weighted by Crippen LogP contribution is 2.36. The highest BCUT2D eigenvalue weighted by molar-refractivity contribution is 8.01. The van der Waals surface area contributed by atoms with E-state index in [0.717, 1.165) is 62.7 Å². The van der Waals surface area contributed by atoms with Crippen molar-refractivity contribution in [3.63, 3.8) is 0 Å². The summed E-state index contributed by atoms with van der Waals surface area (Å²) in [5.41, 5.74) is 2.21. The first-order valence-electron chi connectivity index (χ1n) is 11.5. The van der Waals surface area contributed by atoms with Gasteiger partial charge in [0.05, 0.1) is 10.9 Å². The lowest BCUT2D eigenvalue weighted by Crippen LogP contribution is -2.46. The Bertz CT molecular complexity index is 900. The van der Waals surface area contributed by atoms with E-state index >= 15 is 0 Å². The number of para-hydroxylation sites is 1. The Kier molecular flexibility index (Phi) is 8.20. The van der Waals surface area contributed by atoms with E-state index in [0.29, 0.717) is 6.54 Å². The van der Waals surface area contributed by atoms with Gasteiger partial charge in [-0.1, -0.05) is 42.5 Å². The molecular weight excluding hydrogens is 420 g/mol. The Morgan fingerprint density at radius 2 is 1.69 bits per heavy atom. The number of thioether (sulfide) groups is 1. The van der Waals surface area contributed by atoms with E-state index in [2.05, 4.69) is 50.8 Å². The van der Waals surface area contributed by atoms with E-state index in [-0.39, 0.29) is 23.5 Å². The molecule has 0 saturated carbocycles. The van der Waals surface area contributed by atoms with Crippen molar-refractivity contribution in [1.29, 1.82) is 0 Å². The Balaban J connectivity index is 1.07. The van der Waals surface area contributed by atoms with Crippen molar-refractivity contribution in [3.8, 4) is 0 Å². The molecular formula is C25H32N4O2S. The molecule has 7 heteroatoms. The van der Waals surface area contributed by atoms with Crippen LogP contribution in [-0.2, 0) is 16.1 Å². The van der Waals surface area contributed by atoms with Crippen molar-refractivity contribution in [3.05, 3.63) is 60.2 Å². The first-order valence-corrected chi connectivity index (χ1v) is 12.4. The highest BCUT2D eigenvalue weighted by atomic mass is 32.2. The van der Waals surface area contributed by atoms with Crippen LogP contribution >= 0.6 is 11.8 Å². The number of amides is 2. The molecule has 1 fully saturated rings. The van der Waals surface area contributed by atoms with E-state index in [9.17, 15) is 9.59 Å². The summed E-state index contributed by atoms with van der Waals surface area (Å²) in [6.07, 6.45) is 2.25. The van der Waals surface area contributed by atoms with Crippen molar-refractivity contribution in [1.82, 2.24) is 15.1 Å². The standard InChI is InChI=1S/C25H32N4O2S/c30-24(18-23-25(31)27-21-10-4-5-11-22(21)32-23)26-12-6-7-13-28-14-16-29(17-15-28)19-20-8-2-1-3-9-20/h1-5,8-11,23H,6-7,12-19H2,(H,26,30)(H,27,31). The van der Waals surface area contributed by atoms with Crippen LogP contribution in [0.1, 0.15) is 24.8 Å². The average molecular weight is 453 g/mol.